The second-order valence-corrected chi connectivity index (χ2v) is 4.85. The van der Waals surface area contributed by atoms with Gasteiger partial charge >= 0.3 is 0 Å². The van der Waals surface area contributed by atoms with E-state index in [0.29, 0.717) is 24.7 Å². The lowest BCUT2D eigenvalue weighted by molar-refractivity contribution is 0.132. The molecule has 0 aliphatic carbocycles. The lowest BCUT2D eigenvalue weighted by Gasteiger charge is -2.22. The van der Waals surface area contributed by atoms with Crippen molar-refractivity contribution >= 4 is 0 Å². The van der Waals surface area contributed by atoms with Gasteiger partial charge in [0.2, 0.25) is 0 Å². The zero-order valence-electron chi connectivity index (χ0n) is 9.79. The molecule has 1 aromatic heterocycles. The Balaban J connectivity index is 1.79. The zero-order valence-corrected chi connectivity index (χ0v) is 9.79. The van der Waals surface area contributed by atoms with E-state index in [1.807, 2.05) is 0 Å². The Morgan fingerprint density at radius 1 is 1.41 bits per heavy atom. The molecule has 1 saturated heterocycles. The SMILES string of the molecule is O=c1[nH]c(CC2CCCNC2)nc2c1COC2. The van der Waals surface area contributed by atoms with Crippen molar-refractivity contribution in [3.63, 3.8) is 0 Å². The van der Waals surface area contributed by atoms with Gasteiger partial charge in [-0.1, -0.05) is 0 Å². The summed E-state index contributed by atoms with van der Waals surface area (Å²) in [5.41, 5.74) is 1.51. The number of H-pyrrole nitrogens is 1. The van der Waals surface area contributed by atoms with Crippen molar-refractivity contribution in [3.05, 3.63) is 27.4 Å². The molecule has 92 valence electrons. The summed E-state index contributed by atoms with van der Waals surface area (Å²) in [6.07, 6.45) is 3.28. The van der Waals surface area contributed by atoms with E-state index in [1.54, 1.807) is 0 Å². The Labute approximate surface area is 99.6 Å². The third kappa shape index (κ3) is 2.25. The number of hydrogen-bond donors (Lipinski definition) is 2. The van der Waals surface area contributed by atoms with Crippen LogP contribution in [0.1, 0.15) is 29.9 Å². The van der Waals surface area contributed by atoms with Crippen LogP contribution >= 0.6 is 0 Å². The number of nitrogens with zero attached hydrogens (tertiary/aromatic N) is 1. The number of ether oxygens (including phenoxy) is 1. The van der Waals surface area contributed by atoms with E-state index in [9.17, 15) is 4.79 Å². The summed E-state index contributed by atoms with van der Waals surface area (Å²) in [5, 5.41) is 3.38. The molecular formula is C12H17N3O2. The highest BCUT2D eigenvalue weighted by atomic mass is 16.5. The second kappa shape index (κ2) is 4.58. The molecule has 5 nitrogen and oxygen atoms in total. The van der Waals surface area contributed by atoms with Crippen LogP contribution in [-0.2, 0) is 24.4 Å². The van der Waals surface area contributed by atoms with Crippen molar-refractivity contribution in [1.29, 1.82) is 0 Å². The predicted octanol–water partition coefficient (Wildman–Crippen LogP) is 0.342. The van der Waals surface area contributed by atoms with Crippen molar-refractivity contribution in [1.82, 2.24) is 15.3 Å². The molecule has 2 aliphatic rings. The second-order valence-electron chi connectivity index (χ2n) is 4.85. The van der Waals surface area contributed by atoms with Gasteiger partial charge in [-0.15, -0.1) is 0 Å². The Morgan fingerprint density at radius 3 is 3.18 bits per heavy atom. The third-order valence-electron chi connectivity index (χ3n) is 3.52. The number of fused-ring (bicyclic) bond motifs is 1. The largest absolute Gasteiger partial charge is 0.370 e. The van der Waals surface area contributed by atoms with E-state index >= 15 is 0 Å². The molecule has 5 heteroatoms. The van der Waals surface area contributed by atoms with Crippen molar-refractivity contribution in [3.8, 4) is 0 Å². The molecule has 1 unspecified atom stereocenters. The van der Waals surface area contributed by atoms with Gasteiger partial charge < -0.3 is 15.0 Å². The lowest BCUT2D eigenvalue weighted by atomic mass is 9.96. The third-order valence-corrected chi connectivity index (χ3v) is 3.52. The summed E-state index contributed by atoms with van der Waals surface area (Å²) in [5.74, 6) is 1.40. The van der Waals surface area contributed by atoms with Gasteiger partial charge in [-0.3, -0.25) is 4.79 Å². The van der Waals surface area contributed by atoms with E-state index in [1.165, 1.54) is 12.8 Å². The maximum Gasteiger partial charge on any atom is 0.256 e. The fourth-order valence-electron chi connectivity index (χ4n) is 2.58. The maximum atomic E-state index is 11.8. The monoisotopic (exact) mass is 235 g/mol. The van der Waals surface area contributed by atoms with Crippen LogP contribution in [0.5, 0.6) is 0 Å². The van der Waals surface area contributed by atoms with E-state index in [-0.39, 0.29) is 5.56 Å². The van der Waals surface area contributed by atoms with Gasteiger partial charge in [-0.05, 0) is 31.8 Å². The Hall–Kier alpha value is -1.20. The van der Waals surface area contributed by atoms with Gasteiger partial charge in [0.05, 0.1) is 24.5 Å². The molecule has 3 heterocycles. The summed E-state index contributed by atoms with van der Waals surface area (Å²) in [4.78, 5) is 19.2. The van der Waals surface area contributed by atoms with Crippen molar-refractivity contribution < 1.29 is 4.74 Å². The van der Waals surface area contributed by atoms with Crippen LogP contribution in [0, 0.1) is 5.92 Å². The van der Waals surface area contributed by atoms with Crippen LogP contribution in [0.4, 0.5) is 0 Å². The first-order chi connectivity index (χ1) is 8.33. The molecule has 0 bridgehead atoms. The minimum absolute atomic E-state index is 0.0220. The number of hydrogen-bond acceptors (Lipinski definition) is 4. The van der Waals surface area contributed by atoms with Crippen LogP contribution in [0.3, 0.4) is 0 Å². The lowest BCUT2D eigenvalue weighted by Crippen LogP contribution is -2.32. The fourth-order valence-corrected chi connectivity index (χ4v) is 2.58. The smallest absolute Gasteiger partial charge is 0.256 e. The number of rotatable bonds is 2. The average molecular weight is 235 g/mol. The number of aromatic nitrogens is 2. The van der Waals surface area contributed by atoms with Crippen LogP contribution in [0.2, 0.25) is 0 Å². The Bertz CT molecular complexity index is 463. The molecule has 1 atom stereocenters. The molecule has 0 radical (unpaired) electrons. The molecule has 1 fully saturated rings. The number of nitrogens with one attached hydrogen (secondary N) is 2. The van der Waals surface area contributed by atoms with Gasteiger partial charge in [-0.2, -0.15) is 0 Å². The topological polar surface area (TPSA) is 67.0 Å². The molecule has 1 aromatic rings. The molecule has 2 aliphatic heterocycles. The molecule has 0 saturated carbocycles. The van der Waals surface area contributed by atoms with Crippen LogP contribution in [0.15, 0.2) is 4.79 Å². The van der Waals surface area contributed by atoms with Gasteiger partial charge in [0.25, 0.3) is 5.56 Å². The average Bonchev–Trinajstić information content (AvgIpc) is 2.79. The fraction of sp³-hybridized carbons (Fsp3) is 0.667. The molecular weight excluding hydrogens is 218 g/mol. The first-order valence-corrected chi connectivity index (χ1v) is 6.22. The normalized spacial score (nSPS) is 23.6. The zero-order chi connectivity index (χ0) is 11.7. The van der Waals surface area contributed by atoms with E-state index in [2.05, 4.69) is 15.3 Å². The first kappa shape index (κ1) is 10.9. The van der Waals surface area contributed by atoms with Gasteiger partial charge in [0.1, 0.15) is 5.82 Å². The summed E-state index contributed by atoms with van der Waals surface area (Å²) in [6.45, 7) is 3.02. The Morgan fingerprint density at radius 2 is 2.35 bits per heavy atom. The highest BCUT2D eigenvalue weighted by Gasteiger charge is 2.20. The first-order valence-electron chi connectivity index (χ1n) is 6.22. The van der Waals surface area contributed by atoms with Crippen LogP contribution < -0.4 is 10.9 Å². The summed E-state index contributed by atoms with van der Waals surface area (Å²) in [6, 6.07) is 0. The standard InChI is InChI=1S/C12H17N3O2/c16-12-9-6-17-7-10(9)14-11(15-12)4-8-2-1-3-13-5-8/h8,13H,1-7H2,(H,14,15,16). The predicted molar refractivity (Wildman–Crippen MR) is 62.6 cm³/mol. The van der Waals surface area contributed by atoms with E-state index in [0.717, 1.165) is 31.0 Å². The van der Waals surface area contributed by atoms with Crippen LogP contribution in [-0.4, -0.2) is 23.1 Å². The number of piperidine rings is 1. The van der Waals surface area contributed by atoms with Gasteiger partial charge in [-0.25, -0.2) is 4.98 Å². The van der Waals surface area contributed by atoms with Gasteiger partial charge in [0.15, 0.2) is 0 Å². The van der Waals surface area contributed by atoms with E-state index < -0.39 is 0 Å². The molecule has 0 amide bonds. The molecule has 3 rings (SSSR count). The summed E-state index contributed by atoms with van der Waals surface area (Å²) >= 11 is 0. The maximum absolute atomic E-state index is 11.8. The highest BCUT2D eigenvalue weighted by Crippen LogP contribution is 2.17. The number of aromatic amines is 1. The minimum atomic E-state index is -0.0220. The Kier molecular flexibility index (Phi) is 2.94. The molecule has 2 N–H and O–H groups in total. The van der Waals surface area contributed by atoms with Crippen molar-refractivity contribution in [2.75, 3.05) is 13.1 Å². The molecule has 0 aromatic carbocycles. The van der Waals surface area contributed by atoms with Crippen LogP contribution in [0.25, 0.3) is 0 Å². The summed E-state index contributed by atoms with van der Waals surface area (Å²) in [7, 11) is 0. The van der Waals surface area contributed by atoms with Crippen molar-refractivity contribution in [2.45, 2.75) is 32.5 Å². The summed E-state index contributed by atoms with van der Waals surface area (Å²) < 4.78 is 5.25. The van der Waals surface area contributed by atoms with Crippen molar-refractivity contribution in [2.24, 2.45) is 5.92 Å². The highest BCUT2D eigenvalue weighted by molar-refractivity contribution is 5.19. The van der Waals surface area contributed by atoms with Gasteiger partial charge in [0, 0.05) is 6.42 Å². The van der Waals surface area contributed by atoms with E-state index in [4.69, 9.17) is 4.74 Å². The quantitative estimate of drug-likeness (QED) is 0.776. The minimum Gasteiger partial charge on any atom is -0.370 e. The molecule has 0 spiro atoms. The molecule has 17 heavy (non-hydrogen) atoms.